The summed E-state index contributed by atoms with van der Waals surface area (Å²) in [4.78, 5) is 0. The summed E-state index contributed by atoms with van der Waals surface area (Å²) < 4.78 is 62.9. The summed E-state index contributed by atoms with van der Waals surface area (Å²) in [6, 6.07) is 0. The van der Waals surface area contributed by atoms with Gasteiger partial charge in [0.15, 0.2) is 26.5 Å². The number of rotatable bonds is 3. The van der Waals surface area contributed by atoms with Crippen LogP contribution in [0.15, 0.2) is 0 Å². The summed E-state index contributed by atoms with van der Waals surface area (Å²) in [7, 11) is -2.72. The molecule has 0 amide bonds. The Bertz CT molecular complexity index is 475. The van der Waals surface area contributed by atoms with Crippen LogP contribution in [0.1, 0.15) is 34.6 Å². The molecule has 5 nitrogen and oxygen atoms in total. The second-order valence-electron chi connectivity index (χ2n) is 8.40. The van der Waals surface area contributed by atoms with Crippen molar-refractivity contribution < 1.29 is 36.9 Å². The van der Waals surface area contributed by atoms with E-state index in [1.807, 2.05) is 20.8 Å². The van der Waals surface area contributed by atoms with E-state index < -0.39 is 56.0 Å². The summed E-state index contributed by atoms with van der Waals surface area (Å²) in [5.74, 6) is -1.08. The largest absolute Gasteiger partial charge is 0.416 e. The average molecular weight is 372 g/mol. The number of halogens is 3. The van der Waals surface area contributed by atoms with Crippen molar-refractivity contribution in [2.24, 2.45) is 0 Å². The molecule has 1 N–H and O–H groups in total. The van der Waals surface area contributed by atoms with Crippen molar-refractivity contribution in [2.75, 3.05) is 0 Å². The first-order valence-corrected chi connectivity index (χ1v) is 10.9. The second kappa shape index (κ2) is 5.92. The SMILES string of the molecule is CC1(C)O[C@H]2[C@H]([C@H](O[Si](C)(C)C(C)(C)C)C(F)(F)F)OC(O)[C@H]2O1. The Balaban J connectivity index is 2.30. The van der Waals surface area contributed by atoms with E-state index in [9.17, 15) is 18.3 Å². The lowest BCUT2D eigenvalue weighted by Gasteiger charge is -2.41. The number of alkyl halides is 3. The third-order valence-corrected chi connectivity index (χ3v) is 9.37. The highest BCUT2D eigenvalue weighted by Gasteiger charge is 2.63. The standard InChI is InChI=1S/C15H27F3O5Si/c1-13(2,3)24(6,7)23-11(15(16,17)18)9-8-10(12(19)20-9)22-14(4,5)21-8/h8-12,19H,1-7H3/t8-,9+,10-,11-,12?/m0/s1. The van der Waals surface area contributed by atoms with Gasteiger partial charge in [0.25, 0.3) is 0 Å². The lowest BCUT2D eigenvalue weighted by molar-refractivity contribution is -0.270. The van der Waals surface area contributed by atoms with E-state index in [0.717, 1.165) is 0 Å². The van der Waals surface area contributed by atoms with E-state index in [4.69, 9.17) is 18.6 Å². The molecule has 0 spiro atoms. The molecule has 0 aromatic carbocycles. The van der Waals surface area contributed by atoms with Crippen molar-refractivity contribution in [3.05, 3.63) is 0 Å². The summed E-state index contributed by atoms with van der Waals surface area (Å²) in [5, 5.41) is 9.53. The van der Waals surface area contributed by atoms with Gasteiger partial charge in [0.1, 0.15) is 18.3 Å². The molecule has 0 aromatic heterocycles. The van der Waals surface area contributed by atoms with Gasteiger partial charge in [-0.05, 0) is 32.0 Å². The molecule has 24 heavy (non-hydrogen) atoms. The lowest BCUT2D eigenvalue weighted by Crippen LogP contribution is -2.55. The highest BCUT2D eigenvalue weighted by Crippen LogP contribution is 2.45. The third kappa shape index (κ3) is 3.81. The maximum Gasteiger partial charge on any atom is 0.416 e. The number of hydrogen-bond acceptors (Lipinski definition) is 5. The van der Waals surface area contributed by atoms with Gasteiger partial charge in [-0.2, -0.15) is 13.2 Å². The monoisotopic (exact) mass is 372 g/mol. The van der Waals surface area contributed by atoms with Crippen LogP contribution in [0.3, 0.4) is 0 Å². The third-order valence-electron chi connectivity index (χ3n) is 4.91. The normalized spacial score (nSPS) is 35.1. The topological polar surface area (TPSA) is 57.2 Å². The molecular formula is C15H27F3O5Si. The maximum atomic E-state index is 13.7. The zero-order valence-corrected chi connectivity index (χ0v) is 16.1. The molecular weight excluding hydrogens is 345 g/mol. The zero-order chi connectivity index (χ0) is 18.7. The average Bonchev–Trinajstić information content (AvgIpc) is 2.79. The summed E-state index contributed by atoms with van der Waals surface area (Å²) >= 11 is 0. The fraction of sp³-hybridized carbons (Fsp3) is 1.00. The van der Waals surface area contributed by atoms with E-state index in [1.54, 1.807) is 26.9 Å². The number of ether oxygens (including phenoxy) is 3. The highest BCUT2D eigenvalue weighted by molar-refractivity contribution is 6.74. The first-order chi connectivity index (χ1) is 10.6. The number of aliphatic hydroxyl groups excluding tert-OH is 1. The number of fused-ring (bicyclic) bond motifs is 1. The van der Waals surface area contributed by atoms with E-state index in [1.165, 1.54) is 0 Å². The molecule has 0 aliphatic carbocycles. The van der Waals surface area contributed by atoms with E-state index in [0.29, 0.717) is 0 Å². The van der Waals surface area contributed by atoms with Gasteiger partial charge in [-0.15, -0.1) is 0 Å². The summed E-state index contributed by atoms with van der Waals surface area (Å²) in [5.41, 5.74) is 0. The molecule has 0 bridgehead atoms. The lowest BCUT2D eigenvalue weighted by atomic mass is 10.1. The first-order valence-electron chi connectivity index (χ1n) is 7.99. The van der Waals surface area contributed by atoms with Gasteiger partial charge in [-0.1, -0.05) is 20.8 Å². The smallest absolute Gasteiger partial charge is 0.403 e. The Morgan fingerprint density at radius 3 is 2.04 bits per heavy atom. The van der Waals surface area contributed by atoms with Crippen molar-refractivity contribution in [3.8, 4) is 0 Å². The minimum absolute atomic E-state index is 0.403. The highest BCUT2D eigenvalue weighted by atomic mass is 28.4. The second-order valence-corrected chi connectivity index (χ2v) is 13.2. The van der Waals surface area contributed by atoms with Crippen LogP contribution in [-0.4, -0.2) is 56.1 Å². The molecule has 2 saturated heterocycles. The molecule has 2 fully saturated rings. The van der Waals surface area contributed by atoms with Crippen LogP contribution in [-0.2, 0) is 18.6 Å². The molecule has 2 aliphatic rings. The van der Waals surface area contributed by atoms with Crippen LogP contribution in [0.25, 0.3) is 0 Å². The molecule has 142 valence electrons. The van der Waals surface area contributed by atoms with E-state index in [-0.39, 0.29) is 0 Å². The first kappa shape index (κ1) is 20.1. The van der Waals surface area contributed by atoms with Crippen molar-refractivity contribution in [1.29, 1.82) is 0 Å². The van der Waals surface area contributed by atoms with Gasteiger partial charge >= 0.3 is 6.18 Å². The summed E-state index contributed by atoms with van der Waals surface area (Å²) in [6.07, 6.45) is -11.8. The van der Waals surface area contributed by atoms with Crippen LogP contribution < -0.4 is 0 Å². The minimum Gasteiger partial charge on any atom is -0.403 e. The van der Waals surface area contributed by atoms with Crippen molar-refractivity contribution in [2.45, 2.75) is 95.4 Å². The zero-order valence-electron chi connectivity index (χ0n) is 15.1. The molecule has 5 atom stereocenters. The number of aliphatic hydroxyl groups is 1. The van der Waals surface area contributed by atoms with Gasteiger partial charge < -0.3 is 23.7 Å². The molecule has 1 unspecified atom stereocenters. The Kier molecular flexibility index (Phi) is 4.96. The molecule has 0 radical (unpaired) electrons. The van der Waals surface area contributed by atoms with Crippen LogP contribution in [0.4, 0.5) is 13.2 Å². The van der Waals surface area contributed by atoms with Crippen LogP contribution in [0.2, 0.25) is 18.1 Å². The maximum absolute atomic E-state index is 13.7. The van der Waals surface area contributed by atoms with Crippen molar-refractivity contribution >= 4 is 8.32 Å². The fourth-order valence-electron chi connectivity index (χ4n) is 2.67. The Morgan fingerprint density at radius 2 is 1.58 bits per heavy atom. The predicted molar refractivity (Wildman–Crippen MR) is 82.8 cm³/mol. The molecule has 0 aromatic rings. The van der Waals surface area contributed by atoms with Gasteiger partial charge in [-0.25, -0.2) is 0 Å². The number of hydrogen-bond donors (Lipinski definition) is 1. The van der Waals surface area contributed by atoms with Crippen LogP contribution in [0.5, 0.6) is 0 Å². The van der Waals surface area contributed by atoms with Crippen LogP contribution in [0, 0.1) is 0 Å². The molecule has 9 heteroatoms. The molecule has 2 rings (SSSR count). The van der Waals surface area contributed by atoms with Gasteiger partial charge in [0.05, 0.1) is 0 Å². The minimum atomic E-state index is -4.65. The Labute approximate surface area is 141 Å². The van der Waals surface area contributed by atoms with E-state index >= 15 is 0 Å². The molecule has 0 saturated carbocycles. The Hall–Kier alpha value is -0.193. The quantitative estimate of drug-likeness (QED) is 0.771. The summed E-state index contributed by atoms with van der Waals surface area (Å²) in [6.45, 7) is 12.2. The van der Waals surface area contributed by atoms with Crippen molar-refractivity contribution in [1.82, 2.24) is 0 Å². The van der Waals surface area contributed by atoms with Gasteiger partial charge in [-0.3, -0.25) is 0 Å². The Morgan fingerprint density at radius 1 is 1.08 bits per heavy atom. The van der Waals surface area contributed by atoms with Crippen LogP contribution >= 0.6 is 0 Å². The molecule has 2 aliphatic heterocycles. The predicted octanol–water partition coefficient (Wildman–Crippen LogP) is 3.18. The fourth-order valence-corrected chi connectivity index (χ4v) is 3.92. The van der Waals surface area contributed by atoms with Gasteiger partial charge in [0.2, 0.25) is 0 Å². The molecule has 2 heterocycles. The van der Waals surface area contributed by atoms with Crippen molar-refractivity contribution in [3.63, 3.8) is 0 Å². The van der Waals surface area contributed by atoms with Gasteiger partial charge in [0, 0.05) is 0 Å². The van der Waals surface area contributed by atoms with E-state index in [2.05, 4.69) is 0 Å².